The minimum atomic E-state index is -0.0427. The number of nitriles is 1. The summed E-state index contributed by atoms with van der Waals surface area (Å²) in [6.07, 6.45) is 6.03. The molecule has 0 radical (unpaired) electrons. The van der Waals surface area contributed by atoms with Crippen LogP contribution in [0.3, 0.4) is 0 Å². The van der Waals surface area contributed by atoms with Crippen LogP contribution in [0.1, 0.15) is 57.8 Å². The predicted octanol–water partition coefficient (Wildman–Crippen LogP) is 4.54. The molecule has 2 saturated carbocycles. The van der Waals surface area contributed by atoms with Gasteiger partial charge in [-0.05, 0) is 61.5 Å². The molecule has 2 amide bonds. The Morgan fingerprint density at radius 2 is 1.88 bits per heavy atom. The molecule has 0 bridgehead atoms. The zero-order chi connectivity index (χ0) is 24.2. The lowest BCUT2D eigenvalue weighted by Crippen LogP contribution is -2.31. The molecule has 8 heteroatoms. The molecule has 3 aliphatic rings. The second-order valence-electron chi connectivity index (χ2n) is 11.0. The van der Waals surface area contributed by atoms with Crippen molar-refractivity contribution in [2.75, 3.05) is 5.32 Å². The Labute approximate surface area is 204 Å². The number of hydrogen-bond acceptors (Lipinski definition) is 4. The largest absolute Gasteiger partial charge is 0.354 e. The lowest BCUT2D eigenvalue weighted by Gasteiger charge is -2.16. The van der Waals surface area contributed by atoms with Gasteiger partial charge in [0.1, 0.15) is 17.6 Å². The quantitative estimate of drug-likeness (QED) is 0.672. The third-order valence-electron chi connectivity index (χ3n) is 7.75. The molecule has 0 spiro atoms. The van der Waals surface area contributed by atoms with Crippen LogP contribution in [0.25, 0.3) is 11.1 Å². The summed E-state index contributed by atoms with van der Waals surface area (Å²) in [6.45, 7) is 6.74. The second-order valence-corrected chi connectivity index (χ2v) is 11.4. The molecule has 34 heavy (non-hydrogen) atoms. The Morgan fingerprint density at radius 1 is 1.18 bits per heavy atom. The van der Waals surface area contributed by atoms with Gasteiger partial charge in [-0.25, -0.2) is 4.98 Å². The predicted molar refractivity (Wildman–Crippen MR) is 130 cm³/mol. The van der Waals surface area contributed by atoms with Crippen molar-refractivity contribution in [2.24, 2.45) is 23.2 Å². The van der Waals surface area contributed by atoms with E-state index in [9.17, 15) is 14.9 Å². The van der Waals surface area contributed by atoms with Crippen molar-refractivity contribution in [1.82, 2.24) is 14.9 Å². The number of carbonyl (C=O) groups excluding carboxylic acids is 2. The molecule has 5 rings (SSSR count). The highest BCUT2D eigenvalue weighted by molar-refractivity contribution is 6.33. The van der Waals surface area contributed by atoms with E-state index in [1.54, 1.807) is 13.1 Å². The van der Waals surface area contributed by atoms with Gasteiger partial charge in [-0.15, -0.1) is 0 Å². The zero-order valence-corrected chi connectivity index (χ0v) is 20.6. The molecular weight excluding hydrogens is 450 g/mol. The van der Waals surface area contributed by atoms with E-state index >= 15 is 0 Å². The highest BCUT2D eigenvalue weighted by Gasteiger charge is 2.44. The van der Waals surface area contributed by atoms with Crippen molar-refractivity contribution in [2.45, 2.75) is 65.5 Å². The van der Waals surface area contributed by atoms with E-state index in [0.29, 0.717) is 28.4 Å². The first-order valence-electron chi connectivity index (χ1n) is 12.0. The topological polar surface area (TPSA) is 99.8 Å². The van der Waals surface area contributed by atoms with Crippen molar-refractivity contribution in [3.05, 3.63) is 34.7 Å². The van der Waals surface area contributed by atoms with E-state index in [4.69, 9.17) is 11.6 Å². The first-order chi connectivity index (χ1) is 16.1. The minimum absolute atomic E-state index is 0.00722. The molecule has 2 aliphatic carbocycles. The van der Waals surface area contributed by atoms with Crippen LogP contribution < -0.4 is 10.6 Å². The Morgan fingerprint density at radius 3 is 2.53 bits per heavy atom. The number of halogens is 1. The Balaban J connectivity index is 1.31. The summed E-state index contributed by atoms with van der Waals surface area (Å²) in [5, 5.41) is 16.2. The lowest BCUT2D eigenvalue weighted by molar-refractivity contribution is -0.121. The van der Waals surface area contributed by atoms with Gasteiger partial charge in [-0.1, -0.05) is 25.4 Å². The van der Waals surface area contributed by atoms with Gasteiger partial charge in [0.25, 0.3) is 0 Å². The summed E-state index contributed by atoms with van der Waals surface area (Å²) in [5.74, 6) is 1.42. The summed E-state index contributed by atoms with van der Waals surface area (Å²) in [4.78, 5) is 28.8. The Hall–Kier alpha value is -2.85. The van der Waals surface area contributed by atoms with E-state index in [1.165, 1.54) is 0 Å². The first-order valence-corrected chi connectivity index (χ1v) is 12.4. The number of hydrogen-bond donors (Lipinski definition) is 2. The maximum absolute atomic E-state index is 13.1. The van der Waals surface area contributed by atoms with Crippen LogP contribution in [0.15, 0.2) is 18.3 Å². The number of nitrogens with zero attached hydrogens (tertiary/aromatic N) is 3. The van der Waals surface area contributed by atoms with Gasteiger partial charge in [0.15, 0.2) is 0 Å². The van der Waals surface area contributed by atoms with E-state index in [0.717, 1.165) is 55.5 Å². The molecule has 0 saturated heterocycles. The van der Waals surface area contributed by atoms with Gasteiger partial charge in [0, 0.05) is 48.4 Å². The van der Waals surface area contributed by atoms with Crippen LogP contribution in [0.5, 0.6) is 0 Å². The maximum atomic E-state index is 13.1. The van der Waals surface area contributed by atoms with Crippen molar-refractivity contribution in [1.29, 1.82) is 5.26 Å². The Bertz CT molecular complexity index is 1200. The van der Waals surface area contributed by atoms with Crippen LogP contribution in [0.2, 0.25) is 5.02 Å². The van der Waals surface area contributed by atoms with Gasteiger partial charge >= 0.3 is 0 Å². The molecule has 4 atom stereocenters. The fourth-order valence-electron chi connectivity index (χ4n) is 6.40. The minimum Gasteiger partial charge on any atom is -0.354 e. The van der Waals surface area contributed by atoms with E-state index in [2.05, 4.69) is 40.1 Å². The number of amides is 2. The maximum Gasteiger partial charge on any atom is 0.228 e. The molecule has 2 aromatic heterocycles. The van der Waals surface area contributed by atoms with Crippen LogP contribution in [0.4, 0.5) is 5.82 Å². The molecule has 2 N–H and O–H groups in total. The number of aromatic nitrogens is 2. The van der Waals surface area contributed by atoms with Gasteiger partial charge in [0.05, 0.1) is 5.02 Å². The number of fused-ring (bicyclic) bond motifs is 2. The number of nitrogens with one attached hydrogen (secondary N) is 2. The van der Waals surface area contributed by atoms with Gasteiger partial charge in [-0.2, -0.15) is 5.26 Å². The smallest absolute Gasteiger partial charge is 0.228 e. The molecule has 7 nitrogen and oxygen atoms in total. The second kappa shape index (κ2) is 8.42. The van der Waals surface area contributed by atoms with Gasteiger partial charge < -0.3 is 15.2 Å². The van der Waals surface area contributed by atoms with Crippen LogP contribution in [-0.2, 0) is 22.6 Å². The molecule has 0 aromatic carbocycles. The molecule has 1 aliphatic heterocycles. The van der Waals surface area contributed by atoms with E-state index in [-0.39, 0.29) is 29.2 Å². The number of pyridine rings is 1. The molecule has 178 valence electrons. The third-order valence-corrected chi connectivity index (χ3v) is 8.05. The molecule has 0 unspecified atom stereocenters. The summed E-state index contributed by atoms with van der Waals surface area (Å²) >= 11 is 6.54. The average Bonchev–Trinajstić information content (AvgIpc) is 3.47. The van der Waals surface area contributed by atoms with Crippen molar-refractivity contribution in [3.63, 3.8) is 0 Å². The number of carbonyl (C=O) groups is 2. The molecule has 2 aromatic rings. The first kappa shape index (κ1) is 22.9. The van der Waals surface area contributed by atoms with Crippen molar-refractivity contribution in [3.8, 4) is 17.2 Å². The summed E-state index contributed by atoms with van der Waals surface area (Å²) in [6, 6.07) is 6.26. The lowest BCUT2D eigenvalue weighted by atomic mass is 9.89. The standard InChI is InChI=1S/C26H30ClN5O2/c1-14(33)30-18-6-15-4-17(5-16(15)7-18)25(34)31-24-9-20(22(27)12-29-24)21-8-19(11-28)32-13-26(2,3)10-23(21)32/h8-9,12,15-18H,4-7,10,13H2,1-3H3,(H,30,33)(H,29,31,34)/t15-,16+,17-,18+. The monoisotopic (exact) mass is 479 g/mol. The number of anilines is 1. The molecule has 3 heterocycles. The Kier molecular flexibility index (Phi) is 5.68. The van der Waals surface area contributed by atoms with Crippen molar-refractivity contribution < 1.29 is 9.59 Å². The zero-order valence-electron chi connectivity index (χ0n) is 19.8. The fourth-order valence-corrected chi connectivity index (χ4v) is 6.61. The summed E-state index contributed by atoms with van der Waals surface area (Å²) < 4.78 is 2.08. The van der Waals surface area contributed by atoms with Gasteiger partial charge in [-0.3, -0.25) is 9.59 Å². The van der Waals surface area contributed by atoms with E-state index in [1.807, 2.05) is 12.1 Å². The van der Waals surface area contributed by atoms with Crippen LogP contribution in [0, 0.1) is 34.5 Å². The van der Waals surface area contributed by atoms with E-state index < -0.39 is 0 Å². The molecular formula is C26H30ClN5O2. The third kappa shape index (κ3) is 4.20. The summed E-state index contributed by atoms with van der Waals surface area (Å²) in [7, 11) is 0. The number of rotatable bonds is 4. The highest BCUT2D eigenvalue weighted by atomic mass is 35.5. The van der Waals surface area contributed by atoms with Gasteiger partial charge in [0.2, 0.25) is 11.8 Å². The van der Waals surface area contributed by atoms with Crippen molar-refractivity contribution >= 4 is 29.2 Å². The average molecular weight is 480 g/mol. The highest BCUT2D eigenvalue weighted by Crippen LogP contribution is 2.47. The SMILES string of the molecule is CC(=O)N[C@@H]1C[C@@H]2C[C@H](C(=O)Nc3cc(-c4cc(C#N)n5c4CC(C)(C)C5)c(Cl)cn3)C[C@@H]2C1. The summed E-state index contributed by atoms with van der Waals surface area (Å²) in [5.41, 5.74) is 3.53. The normalized spacial score (nSPS) is 26.6. The van der Waals surface area contributed by atoms with Crippen LogP contribution >= 0.6 is 11.6 Å². The van der Waals surface area contributed by atoms with Crippen LogP contribution in [-0.4, -0.2) is 27.4 Å². The molecule has 2 fully saturated rings. The fraction of sp³-hybridized carbons (Fsp3) is 0.538.